The number of carbonyl (C=O) groups excluding carboxylic acids is 2. The van der Waals surface area contributed by atoms with Gasteiger partial charge in [0, 0.05) is 22.1 Å². The van der Waals surface area contributed by atoms with Crippen LogP contribution in [0.25, 0.3) is 0 Å². The molecular formula is C24H28BrClN2O3. The van der Waals surface area contributed by atoms with Crippen LogP contribution in [0.2, 0.25) is 5.02 Å². The largest absolute Gasteiger partial charge is 0.484 e. The molecule has 2 aromatic rings. The molecule has 3 rings (SSSR count). The molecule has 0 saturated heterocycles. The Hall–Kier alpha value is -2.05. The summed E-state index contributed by atoms with van der Waals surface area (Å²) in [6.07, 6.45) is 4.79. The molecule has 0 spiro atoms. The van der Waals surface area contributed by atoms with E-state index in [0.717, 1.165) is 35.7 Å². The summed E-state index contributed by atoms with van der Waals surface area (Å²) in [6.45, 7) is 2.11. The van der Waals surface area contributed by atoms with E-state index in [9.17, 15) is 9.59 Å². The third-order valence-electron chi connectivity index (χ3n) is 5.53. The van der Waals surface area contributed by atoms with Gasteiger partial charge in [-0.15, -0.1) is 0 Å². The lowest BCUT2D eigenvalue weighted by Crippen LogP contribution is -2.52. The third kappa shape index (κ3) is 6.97. The van der Waals surface area contributed by atoms with Gasteiger partial charge in [-0.25, -0.2) is 0 Å². The van der Waals surface area contributed by atoms with Crippen LogP contribution in [0.4, 0.5) is 0 Å². The minimum Gasteiger partial charge on any atom is -0.484 e. The number of nitrogens with one attached hydrogen (secondary N) is 1. The Bertz CT molecular complexity index is 867. The molecule has 1 fully saturated rings. The van der Waals surface area contributed by atoms with Crippen LogP contribution in [0.3, 0.4) is 0 Å². The summed E-state index contributed by atoms with van der Waals surface area (Å²) in [7, 11) is 0. The first-order chi connectivity index (χ1) is 15.0. The summed E-state index contributed by atoms with van der Waals surface area (Å²) >= 11 is 9.39. The Labute approximate surface area is 197 Å². The van der Waals surface area contributed by atoms with Crippen LogP contribution >= 0.6 is 27.5 Å². The number of halogens is 2. The topological polar surface area (TPSA) is 58.6 Å². The second-order valence-corrected chi connectivity index (χ2v) is 9.16. The van der Waals surface area contributed by atoms with Gasteiger partial charge in [-0.1, -0.05) is 59.4 Å². The van der Waals surface area contributed by atoms with Crippen LogP contribution in [0.5, 0.6) is 5.75 Å². The van der Waals surface area contributed by atoms with E-state index < -0.39 is 6.04 Å². The molecule has 2 aromatic carbocycles. The molecule has 5 nitrogen and oxygen atoms in total. The number of hydrogen-bond acceptors (Lipinski definition) is 3. The number of nitrogens with zero attached hydrogens (tertiary/aromatic N) is 1. The van der Waals surface area contributed by atoms with Crippen molar-refractivity contribution in [1.29, 1.82) is 0 Å². The van der Waals surface area contributed by atoms with Crippen LogP contribution in [-0.4, -0.2) is 35.4 Å². The van der Waals surface area contributed by atoms with Crippen molar-refractivity contribution in [3.63, 3.8) is 0 Å². The van der Waals surface area contributed by atoms with E-state index in [0.29, 0.717) is 23.7 Å². The van der Waals surface area contributed by atoms with Crippen LogP contribution < -0.4 is 10.1 Å². The Morgan fingerprint density at radius 1 is 1.13 bits per heavy atom. The molecule has 0 radical (unpaired) electrons. The van der Waals surface area contributed by atoms with Gasteiger partial charge >= 0.3 is 0 Å². The van der Waals surface area contributed by atoms with Gasteiger partial charge in [0.15, 0.2) is 6.61 Å². The second kappa shape index (κ2) is 11.5. The Balaban J connectivity index is 1.74. The quantitative estimate of drug-likeness (QED) is 0.498. The number of carbonyl (C=O) groups is 2. The number of benzene rings is 2. The first-order valence-electron chi connectivity index (χ1n) is 10.7. The highest BCUT2D eigenvalue weighted by molar-refractivity contribution is 9.10. The van der Waals surface area contributed by atoms with Gasteiger partial charge in [0.25, 0.3) is 5.91 Å². The summed E-state index contributed by atoms with van der Waals surface area (Å²) in [4.78, 5) is 27.9. The second-order valence-electron chi connectivity index (χ2n) is 7.80. The predicted molar refractivity (Wildman–Crippen MR) is 126 cm³/mol. The van der Waals surface area contributed by atoms with E-state index in [2.05, 4.69) is 21.2 Å². The lowest BCUT2D eigenvalue weighted by Gasteiger charge is -2.31. The molecule has 0 aromatic heterocycles. The van der Waals surface area contributed by atoms with E-state index in [-0.39, 0.29) is 24.5 Å². The summed E-state index contributed by atoms with van der Waals surface area (Å²) in [5, 5.41) is 3.77. The minimum atomic E-state index is -0.558. The smallest absolute Gasteiger partial charge is 0.261 e. The fraction of sp³-hybridized carbons (Fsp3) is 0.417. The highest BCUT2D eigenvalue weighted by Crippen LogP contribution is 2.20. The molecule has 31 heavy (non-hydrogen) atoms. The fourth-order valence-corrected chi connectivity index (χ4v) is 4.22. The summed E-state index contributed by atoms with van der Waals surface area (Å²) in [5.74, 6) is 0.276. The molecule has 1 aliphatic rings. The Kier molecular flexibility index (Phi) is 8.79. The monoisotopic (exact) mass is 506 g/mol. The number of hydrogen-bond donors (Lipinski definition) is 1. The van der Waals surface area contributed by atoms with Gasteiger partial charge in [-0.3, -0.25) is 9.59 Å². The van der Waals surface area contributed by atoms with E-state index in [1.807, 2.05) is 31.2 Å². The minimum absolute atomic E-state index is 0.0969. The standard InChI is InChI=1S/C24H28BrClN2O3/c1-2-22(24(30)27-20-5-3-4-6-20)28(15-17-7-11-19(26)12-8-17)23(29)16-31-21-13-9-18(25)10-14-21/h7-14,20,22H,2-6,15-16H2,1H3,(H,27,30)/t22-/m0/s1. The zero-order valence-corrected chi connectivity index (χ0v) is 20.0. The molecule has 0 heterocycles. The van der Waals surface area contributed by atoms with Crippen molar-refractivity contribution < 1.29 is 14.3 Å². The molecule has 0 bridgehead atoms. The van der Waals surface area contributed by atoms with Gasteiger partial charge in [-0.2, -0.15) is 0 Å². The van der Waals surface area contributed by atoms with Gasteiger partial charge in [-0.05, 0) is 61.2 Å². The fourth-order valence-electron chi connectivity index (χ4n) is 3.83. The molecule has 1 atom stereocenters. The zero-order valence-electron chi connectivity index (χ0n) is 17.7. The van der Waals surface area contributed by atoms with E-state index in [1.54, 1.807) is 29.2 Å². The molecule has 7 heteroatoms. The molecular weight excluding hydrogens is 480 g/mol. The Morgan fingerprint density at radius 2 is 1.77 bits per heavy atom. The summed E-state index contributed by atoms with van der Waals surface area (Å²) < 4.78 is 6.64. The van der Waals surface area contributed by atoms with Crippen molar-refractivity contribution in [2.45, 2.75) is 57.7 Å². The molecule has 1 N–H and O–H groups in total. The Morgan fingerprint density at radius 3 is 2.39 bits per heavy atom. The van der Waals surface area contributed by atoms with Crippen molar-refractivity contribution in [2.24, 2.45) is 0 Å². The van der Waals surface area contributed by atoms with Crippen molar-refractivity contribution in [3.8, 4) is 5.75 Å². The van der Waals surface area contributed by atoms with Crippen LogP contribution in [0, 0.1) is 0 Å². The molecule has 1 aliphatic carbocycles. The van der Waals surface area contributed by atoms with E-state index >= 15 is 0 Å². The lowest BCUT2D eigenvalue weighted by molar-refractivity contribution is -0.143. The zero-order chi connectivity index (χ0) is 22.2. The van der Waals surface area contributed by atoms with Gasteiger partial charge in [0.05, 0.1) is 0 Å². The first kappa shape index (κ1) is 23.6. The third-order valence-corrected chi connectivity index (χ3v) is 6.31. The lowest BCUT2D eigenvalue weighted by atomic mass is 10.1. The van der Waals surface area contributed by atoms with Crippen molar-refractivity contribution in [3.05, 3.63) is 63.6 Å². The number of ether oxygens (including phenoxy) is 1. The van der Waals surface area contributed by atoms with Gasteiger partial charge in [0.2, 0.25) is 5.91 Å². The summed E-state index contributed by atoms with van der Waals surface area (Å²) in [6, 6.07) is 14.3. The van der Waals surface area contributed by atoms with E-state index in [4.69, 9.17) is 16.3 Å². The van der Waals surface area contributed by atoms with Crippen molar-refractivity contribution in [1.82, 2.24) is 10.2 Å². The van der Waals surface area contributed by atoms with Crippen LogP contribution in [0.15, 0.2) is 53.0 Å². The predicted octanol–water partition coefficient (Wildman–Crippen LogP) is 5.35. The molecule has 0 aliphatic heterocycles. The van der Waals surface area contributed by atoms with Gasteiger partial charge < -0.3 is 15.0 Å². The first-order valence-corrected chi connectivity index (χ1v) is 11.9. The highest BCUT2D eigenvalue weighted by Gasteiger charge is 2.30. The maximum absolute atomic E-state index is 13.2. The van der Waals surface area contributed by atoms with Crippen molar-refractivity contribution >= 4 is 39.3 Å². The summed E-state index contributed by atoms with van der Waals surface area (Å²) in [5.41, 5.74) is 0.911. The average Bonchev–Trinajstić information content (AvgIpc) is 3.27. The van der Waals surface area contributed by atoms with Crippen LogP contribution in [-0.2, 0) is 16.1 Å². The van der Waals surface area contributed by atoms with E-state index in [1.165, 1.54) is 0 Å². The SMILES string of the molecule is CC[C@@H](C(=O)NC1CCCC1)N(Cc1ccc(Cl)cc1)C(=O)COc1ccc(Br)cc1. The molecule has 2 amide bonds. The van der Waals surface area contributed by atoms with Gasteiger partial charge in [0.1, 0.15) is 11.8 Å². The van der Waals surface area contributed by atoms with Crippen LogP contribution in [0.1, 0.15) is 44.6 Å². The molecule has 1 saturated carbocycles. The molecule has 0 unspecified atom stereocenters. The number of amides is 2. The molecule has 166 valence electrons. The number of rotatable bonds is 9. The highest BCUT2D eigenvalue weighted by atomic mass is 79.9. The maximum atomic E-state index is 13.2. The average molecular weight is 508 g/mol. The maximum Gasteiger partial charge on any atom is 0.261 e. The van der Waals surface area contributed by atoms with Crippen molar-refractivity contribution in [2.75, 3.05) is 6.61 Å². The normalized spacial score (nSPS) is 14.8.